The first-order valence-electron chi connectivity index (χ1n) is 5.72. The third-order valence-electron chi connectivity index (χ3n) is 3.01. The van der Waals surface area contributed by atoms with E-state index >= 15 is 0 Å². The average Bonchev–Trinajstić information content (AvgIpc) is 2.77. The van der Waals surface area contributed by atoms with E-state index in [1.165, 1.54) is 0 Å². The fourth-order valence-electron chi connectivity index (χ4n) is 1.58. The van der Waals surface area contributed by atoms with Gasteiger partial charge >= 0.3 is 0 Å². The maximum atomic E-state index is 11.6. The minimum absolute atomic E-state index is 0.0971. The normalized spacial score (nSPS) is 24.9. The Bertz CT molecular complexity index is 205. The van der Waals surface area contributed by atoms with Crippen LogP contribution in [-0.4, -0.2) is 34.7 Å². The number of hydrogen-bond acceptors (Lipinski definition) is 3. The zero-order valence-corrected chi connectivity index (χ0v) is 10.3. The largest absolute Gasteiger partial charge is 0.391 e. The summed E-state index contributed by atoms with van der Waals surface area (Å²) in [7, 11) is 0. The summed E-state index contributed by atoms with van der Waals surface area (Å²) in [6, 6.07) is 0. The molecule has 1 fully saturated rings. The summed E-state index contributed by atoms with van der Waals surface area (Å²) >= 11 is 1.72. The summed E-state index contributed by atoms with van der Waals surface area (Å²) in [5.74, 6) is 1.44. The topological polar surface area (TPSA) is 49.3 Å². The molecular weight excluding hydrogens is 210 g/mol. The number of thioether (sulfide) groups is 1. The van der Waals surface area contributed by atoms with E-state index in [-0.39, 0.29) is 17.1 Å². The lowest BCUT2D eigenvalue weighted by Crippen LogP contribution is -2.39. The Morgan fingerprint density at radius 3 is 2.93 bits per heavy atom. The molecule has 0 saturated carbocycles. The monoisotopic (exact) mass is 231 g/mol. The van der Waals surface area contributed by atoms with Crippen molar-refractivity contribution in [1.29, 1.82) is 0 Å². The number of hydrogen-bond donors (Lipinski definition) is 2. The van der Waals surface area contributed by atoms with Gasteiger partial charge in [-0.15, -0.1) is 11.8 Å². The van der Waals surface area contributed by atoms with Crippen LogP contribution in [0.5, 0.6) is 0 Å². The Labute approximate surface area is 96.0 Å². The third-order valence-corrected chi connectivity index (χ3v) is 4.38. The van der Waals surface area contributed by atoms with E-state index in [1.807, 2.05) is 13.8 Å². The molecule has 1 aliphatic heterocycles. The van der Waals surface area contributed by atoms with E-state index in [4.69, 9.17) is 0 Å². The fourth-order valence-corrected chi connectivity index (χ4v) is 2.76. The molecule has 2 N–H and O–H groups in total. The number of aliphatic hydroxyl groups excluding tert-OH is 1. The summed E-state index contributed by atoms with van der Waals surface area (Å²) in [5, 5.41) is 12.6. The predicted molar refractivity (Wildman–Crippen MR) is 64.0 cm³/mol. The minimum atomic E-state index is -0.412. The molecule has 1 saturated heterocycles. The van der Waals surface area contributed by atoms with Crippen LogP contribution in [0.1, 0.15) is 33.1 Å². The molecule has 3 nitrogen and oxygen atoms in total. The molecule has 0 aromatic rings. The number of amides is 1. The van der Waals surface area contributed by atoms with Crippen LogP contribution in [0, 0.1) is 5.92 Å². The van der Waals surface area contributed by atoms with Crippen molar-refractivity contribution in [1.82, 2.24) is 5.32 Å². The second kappa shape index (κ2) is 6.38. The van der Waals surface area contributed by atoms with Crippen molar-refractivity contribution in [2.75, 3.05) is 12.3 Å². The zero-order valence-electron chi connectivity index (χ0n) is 9.53. The average molecular weight is 231 g/mol. The third kappa shape index (κ3) is 4.03. The van der Waals surface area contributed by atoms with E-state index in [2.05, 4.69) is 5.32 Å². The first-order valence-corrected chi connectivity index (χ1v) is 6.77. The van der Waals surface area contributed by atoms with Gasteiger partial charge in [0.25, 0.3) is 0 Å². The van der Waals surface area contributed by atoms with Crippen molar-refractivity contribution in [2.45, 2.75) is 44.5 Å². The molecule has 1 rings (SSSR count). The molecule has 3 atom stereocenters. The summed E-state index contributed by atoms with van der Waals surface area (Å²) < 4.78 is 0. The molecule has 0 aromatic heterocycles. The predicted octanol–water partition coefficient (Wildman–Crippen LogP) is 1.41. The van der Waals surface area contributed by atoms with Crippen molar-refractivity contribution in [3.8, 4) is 0 Å². The van der Waals surface area contributed by atoms with Gasteiger partial charge in [0.2, 0.25) is 5.91 Å². The molecule has 4 heteroatoms. The lowest BCUT2D eigenvalue weighted by atomic mass is 10.0. The molecular formula is C11H21NO2S. The molecule has 1 aliphatic rings. The van der Waals surface area contributed by atoms with Gasteiger partial charge in [-0.05, 0) is 24.5 Å². The Morgan fingerprint density at radius 2 is 2.40 bits per heavy atom. The summed E-state index contributed by atoms with van der Waals surface area (Å²) in [6.07, 6.45) is 2.65. The van der Waals surface area contributed by atoms with Crippen molar-refractivity contribution >= 4 is 17.7 Å². The smallest absolute Gasteiger partial charge is 0.233 e. The van der Waals surface area contributed by atoms with Crippen molar-refractivity contribution < 1.29 is 9.90 Å². The standard InChI is InChI=1S/C11H21NO2S/c1-3-8(2)9(13)7-12-11(14)10-5-4-6-15-10/h8-10,13H,3-7H2,1-2H3,(H,12,14). The maximum Gasteiger partial charge on any atom is 0.233 e. The quantitative estimate of drug-likeness (QED) is 0.752. The molecule has 0 aromatic carbocycles. The molecule has 0 radical (unpaired) electrons. The zero-order chi connectivity index (χ0) is 11.3. The lowest BCUT2D eigenvalue weighted by molar-refractivity contribution is -0.121. The molecule has 1 heterocycles. The van der Waals surface area contributed by atoms with Gasteiger partial charge in [-0.25, -0.2) is 0 Å². The molecule has 0 aliphatic carbocycles. The van der Waals surface area contributed by atoms with E-state index in [1.54, 1.807) is 11.8 Å². The van der Waals surface area contributed by atoms with E-state index in [9.17, 15) is 9.90 Å². The Kier molecular flexibility index (Phi) is 5.47. The van der Waals surface area contributed by atoms with Gasteiger partial charge in [0.15, 0.2) is 0 Å². The molecule has 15 heavy (non-hydrogen) atoms. The van der Waals surface area contributed by atoms with Crippen LogP contribution in [-0.2, 0) is 4.79 Å². The Hall–Kier alpha value is -0.220. The summed E-state index contributed by atoms with van der Waals surface area (Å²) in [6.45, 7) is 4.44. The number of nitrogens with one attached hydrogen (secondary N) is 1. The molecule has 88 valence electrons. The number of rotatable bonds is 5. The minimum Gasteiger partial charge on any atom is -0.391 e. The Morgan fingerprint density at radius 1 is 1.67 bits per heavy atom. The van der Waals surface area contributed by atoms with E-state index in [0.29, 0.717) is 6.54 Å². The molecule has 0 bridgehead atoms. The van der Waals surface area contributed by atoms with Crippen LogP contribution in [0.25, 0.3) is 0 Å². The van der Waals surface area contributed by atoms with Crippen molar-refractivity contribution in [3.63, 3.8) is 0 Å². The van der Waals surface area contributed by atoms with Crippen LogP contribution < -0.4 is 5.32 Å². The van der Waals surface area contributed by atoms with Crippen molar-refractivity contribution in [3.05, 3.63) is 0 Å². The molecule has 1 amide bonds. The van der Waals surface area contributed by atoms with Gasteiger partial charge in [0, 0.05) is 6.54 Å². The Balaban J connectivity index is 2.21. The van der Waals surface area contributed by atoms with E-state index in [0.717, 1.165) is 25.0 Å². The fraction of sp³-hybridized carbons (Fsp3) is 0.909. The first kappa shape index (κ1) is 12.8. The van der Waals surface area contributed by atoms with Crippen LogP contribution in [0.2, 0.25) is 0 Å². The highest BCUT2D eigenvalue weighted by atomic mass is 32.2. The second-order valence-electron chi connectivity index (χ2n) is 4.20. The number of carbonyl (C=O) groups excluding carboxylic acids is 1. The molecule has 3 unspecified atom stereocenters. The highest BCUT2D eigenvalue weighted by molar-refractivity contribution is 8.00. The highest BCUT2D eigenvalue weighted by Crippen LogP contribution is 2.25. The van der Waals surface area contributed by atoms with E-state index < -0.39 is 6.10 Å². The highest BCUT2D eigenvalue weighted by Gasteiger charge is 2.24. The lowest BCUT2D eigenvalue weighted by Gasteiger charge is -2.18. The van der Waals surface area contributed by atoms with Gasteiger partial charge in [0.05, 0.1) is 11.4 Å². The van der Waals surface area contributed by atoms with Gasteiger partial charge < -0.3 is 10.4 Å². The summed E-state index contributed by atoms with van der Waals surface area (Å²) in [4.78, 5) is 11.6. The van der Waals surface area contributed by atoms with Crippen LogP contribution in [0.4, 0.5) is 0 Å². The van der Waals surface area contributed by atoms with Gasteiger partial charge in [-0.3, -0.25) is 4.79 Å². The van der Waals surface area contributed by atoms with Crippen LogP contribution in [0.3, 0.4) is 0 Å². The van der Waals surface area contributed by atoms with Crippen LogP contribution in [0.15, 0.2) is 0 Å². The first-order chi connectivity index (χ1) is 7.15. The van der Waals surface area contributed by atoms with Crippen molar-refractivity contribution in [2.24, 2.45) is 5.92 Å². The number of carbonyl (C=O) groups is 1. The molecule has 0 spiro atoms. The van der Waals surface area contributed by atoms with Crippen LogP contribution >= 0.6 is 11.8 Å². The maximum absolute atomic E-state index is 11.6. The van der Waals surface area contributed by atoms with Gasteiger partial charge in [-0.1, -0.05) is 20.3 Å². The SMILES string of the molecule is CCC(C)C(O)CNC(=O)C1CCCS1. The van der Waals surface area contributed by atoms with Gasteiger partial charge in [0.1, 0.15) is 0 Å². The van der Waals surface area contributed by atoms with Gasteiger partial charge in [-0.2, -0.15) is 0 Å². The number of aliphatic hydroxyl groups is 1. The summed E-state index contributed by atoms with van der Waals surface area (Å²) in [5.41, 5.74) is 0. The second-order valence-corrected chi connectivity index (χ2v) is 5.51.